The number of amides is 1. The molecule has 0 unspecified atom stereocenters. The van der Waals surface area contributed by atoms with Crippen LogP contribution >= 0.6 is 0 Å². The molecule has 0 bridgehead atoms. The molecular formula is C18H17NO3. The first kappa shape index (κ1) is 14.3. The third-order valence-electron chi connectivity index (χ3n) is 3.82. The van der Waals surface area contributed by atoms with E-state index >= 15 is 0 Å². The van der Waals surface area contributed by atoms with Crippen LogP contribution in [0.25, 0.3) is 0 Å². The summed E-state index contributed by atoms with van der Waals surface area (Å²) >= 11 is 0. The van der Waals surface area contributed by atoms with Crippen molar-refractivity contribution in [2.24, 2.45) is 0 Å². The normalized spacial score (nSPS) is 16.6. The van der Waals surface area contributed by atoms with Crippen LogP contribution in [0.3, 0.4) is 0 Å². The fraction of sp³-hybridized carbons (Fsp3) is 0.222. The highest BCUT2D eigenvalue weighted by Gasteiger charge is 2.31. The number of fused-ring (bicyclic) bond motifs is 1. The van der Waals surface area contributed by atoms with Gasteiger partial charge in [-0.2, -0.15) is 0 Å². The summed E-state index contributed by atoms with van der Waals surface area (Å²) in [7, 11) is 0. The van der Waals surface area contributed by atoms with Crippen molar-refractivity contribution in [3.05, 3.63) is 64.7 Å². The number of benzene rings is 2. The average molecular weight is 295 g/mol. The van der Waals surface area contributed by atoms with Crippen LogP contribution in [0.5, 0.6) is 0 Å². The van der Waals surface area contributed by atoms with E-state index in [4.69, 9.17) is 4.74 Å². The van der Waals surface area contributed by atoms with Gasteiger partial charge in [0.05, 0.1) is 5.56 Å². The van der Waals surface area contributed by atoms with Gasteiger partial charge in [-0.05, 0) is 37.1 Å². The van der Waals surface area contributed by atoms with Gasteiger partial charge in [0.2, 0.25) is 0 Å². The van der Waals surface area contributed by atoms with Gasteiger partial charge in [-0.15, -0.1) is 0 Å². The fourth-order valence-electron chi connectivity index (χ4n) is 2.64. The summed E-state index contributed by atoms with van der Waals surface area (Å²) in [6, 6.07) is 13.0. The maximum Gasteiger partial charge on any atom is 0.339 e. The van der Waals surface area contributed by atoms with Gasteiger partial charge in [0.15, 0.2) is 6.10 Å². The number of hydrogen-bond donors (Lipinski definition) is 1. The monoisotopic (exact) mass is 295 g/mol. The standard InChI is InChI=1S/C18H17NO3/c1-11-7-8-15(12(2)9-11)19-17(20)16-10-13-5-3-4-6-14(13)18(21)22-16/h3-9,16H,10H2,1-2H3,(H,19,20)/t16-/m1/s1. The smallest absolute Gasteiger partial charge is 0.339 e. The Morgan fingerprint density at radius 2 is 1.95 bits per heavy atom. The van der Waals surface area contributed by atoms with Gasteiger partial charge < -0.3 is 10.1 Å². The number of carbonyl (C=O) groups excluding carboxylic acids is 2. The molecule has 1 amide bonds. The van der Waals surface area contributed by atoms with Crippen molar-refractivity contribution in [3.8, 4) is 0 Å². The van der Waals surface area contributed by atoms with Crippen LogP contribution < -0.4 is 5.32 Å². The van der Waals surface area contributed by atoms with Crippen molar-refractivity contribution in [1.29, 1.82) is 0 Å². The molecule has 2 aromatic rings. The zero-order valence-electron chi connectivity index (χ0n) is 12.6. The van der Waals surface area contributed by atoms with E-state index in [9.17, 15) is 9.59 Å². The highest BCUT2D eigenvalue weighted by Crippen LogP contribution is 2.22. The summed E-state index contributed by atoms with van der Waals surface area (Å²) in [6.07, 6.45) is -0.387. The van der Waals surface area contributed by atoms with Gasteiger partial charge in [-0.1, -0.05) is 35.9 Å². The average Bonchev–Trinajstić information content (AvgIpc) is 2.50. The molecule has 0 fully saturated rings. The third kappa shape index (κ3) is 2.72. The second-order valence-electron chi connectivity index (χ2n) is 5.56. The third-order valence-corrected chi connectivity index (χ3v) is 3.82. The molecule has 0 aromatic heterocycles. The Bertz CT molecular complexity index is 752. The van der Waals surface area contributed by atoms with Crippen LogP contribution in [0.1, 0.15) is 27.0 Å². The first-order chi connectivity index (χ1) is 10.5. The molecule has 112 valence electrons. The molecule has 0 aliphatic carbocycles. The molecule has 1 atom stereocenters. The Hall–Kier alpha value is -2.62. The van der Waals surface area contributed by atoms with Crippen molar-refractivity contribution in [2.45, 2.75) is 26.4 Å². The lowest BCUT2D eigenvalue weighted by Gasteiger charge is -2.24. The molecule has 2 aromatic carbocycles. The molecule has 4 heteroatoms. The zero-order chi connectivity index (χ0) is 15.7. The molecular weight excluding hydrogens is 278 g/mol. The Labute approximate surface area is 129 Å². The summed E-state index contributed by atoms with van der Waals surface area (Å²) in [6.45, 7) is 3.93. The highest BCUT2D eigenvalue weighted by molar-refractivity contribution is 6.00. The molecule has 1 heterocycles. The molecule has 3 rings (SSSR count). The van der Waals surface area contributed by atoms with Gasteiger partial charge in [-0.25, -0.2) is 4.79 Å². The van der Waals surface area contributed by atoms with Gasteiger partial charge in [0.25, 0.3) is 5.91 Å². The predicted molar refractivity (Wildman–Crippen MR) is 83.9 cm³/mol. The lowest BCUT2D eigenvalue weighted by molar-refractivity contribution is -0.125. The van der Waals surface area contributed by atoms with Crippen LogP contribution in [0.15, 0.2) is 42.5 Å². The van der Waals surface area contributed by atoms with Gasteiger partial charge in [0, 0.05) is 12.1 Å². The second-order valence-corrected chi connectivity index (χ2v) is 5.56. The number of ether oxygens (including phenoxy) is 1. The molecule has 0 saturated heterocycles. The number of rotatable bonds is 2. The largest absolute Gasteiger partial charge is 0.448 e. The molecule has 0 saturated carbocycles. The van der Waals surface area contributed by atoms with Crippen LogP contribution in [0.4, 0.5) is 5.69 Å². The highest BCUT2D eigenvalue weighted by atomic mass is 16.5. The summed E-state index contributed by atoms with van der Waals surface area (Å²) < 4.78 is 5.26. The minimum Gasteiger partial charge on any atom is -0.448 e. The van der Waals surface area contributed by atoms with Gasteiger partial charge in [-0.3, -0.25) is 4.79 Å². The topological polar surface area (TPSA) is 55.4 Å². The van der Waals surface area contributed by atoms with Crippen LogP contribution in [0.2, 0.25) is 0 Å². The lowest BCUT2D eigenvalue weighted by atomic mass is 9.98. The Kier molecular flexibility index (Phi) is 3.67. The van der Waals surface area contributed by atoms with E-state index < -0.39 is 12.1 Å². The number of cyclic esters (lactones) is 1. The van der Waals surface area contributed by atoms with E-state index in [1.807, 2.05) is 44.2 Å². The molecule has 4 nitrogen and oxygen atoms in total. The quantitative estimate of drug-likeness (QED) is 0.866. The summed E-state index contributed by atoms with van der Waals surface area (Å²) in [5, 5.41) is 2.84. The van der Waals surface area contributed by atoms with E-state index in [0.29, 0.717) is 12.0 Å². The Morgan fingerprint density at radius 3 is 2.73 bits per heavy atom. The van der Waals surface area contributed by atoms with E-state index in [-0.39, 0.29) is 5.91 Å². The van der Waals surface area contributed by atoms with E-state index in [2.05, 4.69) is 5.32 Å². The fourth-order valence-corrected chi connectivity index (χ4v) is 2.64. The van der Waals surface area contributed by atoms with Crippen LogP contribution in [-0.2, 0) is 16.0 Å². The number of carbonyl (C=O) groups is 2. The number of hydrogen-bond acceptors (Lipinski definition) is 3. The maximum atomic E-state index is 12.4. The van der Waals surface area contributed by atoms with Crippen molar-refractivity contribution in [1.82, 2.24) is 0 Å². The van der Waals surface area contributed by atoms with Crippen molar-refractivity contribution in [2.75, 3.05) is 5.32 Å². The SMILES string of the molecule is Cc1ccc(NC(=O)[C@H]2Cc3ccccc3C(=O)O2)c(C)c1. The summed E-state index contributed by atoms with van der Waals surface area (Å²) in [4.78, 5) is 24.3. The van der Waals surface area contributed by atoms with E-state index in [1.54, 1.807) is 12.1 Å². The summed E-state index contributed by atoms with van der Waals surface area (Å²) in [5.41, 5.74) is 4.24. The zero-order valence-corrected chi connectivity index (χ0v) is 12.6. The minimum absolute atomic E-state index is 0.296. The first-order valence-corrected chi connectivity index (χ1v) is 7.21. The van der Waals surface area contributed by atoms with Crippen LogP contribution in [-0.4, -0.2) is 18.0 Å². The molecule has 1 N–H and O–H groups in total. The minimum atomic E-state index is -0.789. The van der Waals surface area contributed by atoms with Crippen molar-refractivity contribution >= 4 is 17.6 Å². The lowest BCUT2D eigenvalue weighted by Crippen LogP contribution is -2.38. The Morgan fingerprint density at radius 1 is 1.18 bits per heavy atom. The van der Waals surface area contributed by atoms with Gasteiger partial charge in [0.1, 0.15) is 0 Å². The van der Waals surface area contributed by atoms with Crippen LogP contribution in [0, 0.1) is 13.8 Å². The first-order valence-electron chi connectivity index (χ1n) is 7.21. The summed E-state index contributed by atoms with van der Waals surface area (Å²) in [5.74, 6) is -0.738. The van der Waals surface area contributed by atoms with E-state index in [0.717, 1.165) is 22.4 Å². The van der Waals surface area contributed by atoms with E-state index in [1.165, 1.54) is 0 Å². The van der Waals surface area contributed by atoms with Crippen molar-refractivity contribution in [3.63, 3.8) is 0 Å². The second kappa shape index (κ2) is 5.64. The van der Waals surface area contributed by atoms with Gasteiger partial charge >= 0.3 is 5.97 Å². The Balaban J connectivity index is 1.78. The molecule has 1 aliphatic rings. The predicted octanol–water partition coefficient (Wildman–Crippen LogP) is 3.02. The molecule has 1 aliphatic heterocycles. The number of aryl methyl sites for hydroxylation is 2. The van der Waals surface area contributed by atoms with Crippen molar-refractivity contribution < 1.29 is 14.3 Å². The molecule has 0 spiro atoms. The molecule has 0 radical (unpaired) electrons. The number of esters is 1. The molecule has 22 heavy (non-hydrogen) atoms. The maximum absolute atomic E-state index is 12.4. The number of nitrogens with one attached hydrogen (secondary N) is 1. The number of anilines is 1.